The summed E-state index contributed by atoms with van der Waals surface area (Å²) in [5.74, 6) is -0.154. The van der Waals surface area contributed by atoms with E-state index in [9.17, 15) is 9.59 Å². The minimum Gasteiger partial charge on any atom is -0.493 e. The lowest BCUT2D eigenvalue weighted by Crippen LogP contribution is -2.41. The molecule has 0 atom stereocenters. The maximum Gasteiger partial charge on any atom is 0.274 e. The molecule has 0 aliphatic carbocycles. The van der Waals surface area contributed by atoms with Crippen molar-refractivity contribution in [3.63, 3.8) is 0 Å². The Kier molecular flexibility index (Phi) is 7.55. The number of ether oxygens (including phenoxy) is 1. The highest BCUT2D eigenvalue weighted by Crippen LogP contribution is 2.23. The Morgan fingerprint density at radius 1 is 1.06 bits per heavy atom. The van der Waals surface area contributed by atoms with E-state index in [1.54, 1.807) is 19.1 Å². The number of carbonyl (C=O) groups excluding carboxylic acids is 2. The van der Waals surface area contributed by atoms with Gasteiger partial charge in [-0.25, -0.2) is 4.68 Å². The highest BCUT2D eigenvalue weighted by Gasteiger charge is 2.21. The predicted molar refractivity (Wildman–Crippen MR) is 120 cm³/mol. The second-order valence-corrected chi connectivity index (χ2v) is 7.66. The van der Waals surface area contributed by atoms with Gasteiger partial charge in [-0.3, -0.25) is 20.4 Å². The topological polar surface area (TPSA) is 85.2 Å². The second kappa shape index (κ2) is 10.3. The molecule has 0 aliphatic rings. The number of para-hydroxylation sites is 1. The number of amides is 2. The van der Waals surface area contributed by atoms with Crippen molar-refractivity contribution in [2.75, 3.05) is 6.61 Å². The standard InChI is InChI=1S/C22H22Cl2N4O3/c1-14-13-16(23)10-11-18(14)31-12-6-9-19(29)25-26-22(30)20-15(2)27-28(21(20)24)17-7-4-3-5-8-17/h3-5,7-8,10-11,13H,6,9,12H2,1-2H3,(H,25,29)(H,26,30). The third kappa shape index (κ3) is 5.77. The van der Waals surface area contributed by atoms with Crippen LogP contribution in [0.25, 0.3) is 5.69 Å². The number of rotatable bonds is 7. The fraction of sp³-hybridized carbons (Fsp3) is 0.227. The monoisotopic (exact) mass is 460 g/mol. The molecular formula is C22H22Cl2N4O3. The smallest absolute Gasteiger partial charge is 0.274 e. The summed E-state index contributed by atoms with van der Waals surface area (Å²) >= 11 is 12.3. The Morgan fingerprint density at radius 2 is 1.81 bits per heavy atom. The molecule has 0 bridgehead atoms. The van der Waals surface area contributed by atoms with Gasteiger partial charge >= 0.3 is 0 Å². The molecule has 1 heterocycles. The number of halogens is 2. The van der Waals surface area contributed by atoms with Crippen LogP contribution >= 0.6 is 23.2 Å². The van der Waals surface area contributed by atoms with E-state index in [1.807, 2.05) is 43.3 Å². The van der Waals surface area contributed by atoms with E-state index in [1.165, 1.54) is 4.68 Å². The Bertz CT molecular complexity index is 1080. The van der Waals surface area contributed by atoms with Crippen LogP contribution in [0.5, 0.6) is 5.75 Å². The molecule has 2 aromatic carbocycles. The van der Waals surface area contributed by atoms with Gasteiger partial charge in [0.15, 0.2) is 0 Å². The first-order valence-electron chi connectivity index (χ1n) is 9.65. The maximum atomic E-state index is 12.5. The third-order valence-electron chi connectivity index (χ3n) is 4.49. The molecule has 3 aromatic rings. The van der Waals surface area contributed by atoms with E-state index in [4.69, 9.17) is 27.9 Å². The van der Waals surface area contributed by atoms with E-state index >= 15 is 0 Å². The summed E-state index contributed by atoms with van der Waals surface area (Å²) in [4.78, 5) is 24.6. The first-order valence-corrected chi connectivity index (χ1v) is 10.4. The molecule has 0 radical (unpaired) electrons. The summed E-state index contributed by atoms with van der Waals surface area (Å²) in [6.45, 7) is 3.94. The van der Waals surface area contributed by atoms with Crippen molar-refractivity contribution in [2.24, 2.45) is 0 Å². The number of hydrogen-bond donors (Lipinski definition) is 2. The molecule has 2 amide bonds. The lowest BCUT2D eigenvalue weighted by molar-refractivity contribution is -0.122. The molecule has 0 fully saturated rings. The van der Waals surface area contributed by atoms with Crippen LogP contribution in [-0.4, -0.2) is 28.2 Å². The highest BCUT2D eigenvalue weighted by molar-refractivity contribution is 6.33. The first kappa shape index (κ1) is 22.7. The van der Waals surface area contributed by atoms with Crippen molar-refractivity contribution in [3.05, 3.63) is 75.5 Å². The zero-order valence-electron chi connectivity index (χ0n) is 17.1. The first-order chi connectivity index (χ1) is 14.9. The van der Waals surface area contributed by atoms with Crippen LogP contribution in [0.3, 0.4) is 0 Å². The van der Waals surface area contributed by atoms with Gasteiger partial charge in [-0.1, -0.05) is 41.4 Å². The number of nitrogens with zero attached hydrogens (tertiary/aromatic N) is 2. The van der Waals surface area contributed by atoms with Crippen LogP contribution in [0.4, 0.5) is 0 Å². The number of aromatic nitrogens is 2. The van der Waals surface area contributed by atoms with Crippen LogP contribution in [-0.2, 0) is 4.79 Å². The van der Waals surface area contributed by atoms with Crippen molar-refractivity contribution in [1.29, 1.82) is 0 Å². The van der Waals surface area contributed by atoms with E-state index in [0.717, 1.165) is 17.0 Å². The van der Waals surface area contributed by atoms with Gasteiger partial charge in [0.1, 0.15) is 16.5 Å². The number of aryl methyl sites for hydroxylation is 2. The SMILES string of the molecule is Cc1cc(Cl)ccc1OCCCC(=O)NNC(=O)c1c(C)nn(-c2ccccc2)c1Cl. The Hall–Kier alpha value is -3.03. The molecular weight excluding hydrogens is 439 g/mol. The van der Waals surface area contributed by atoms with Crippen molar-refractivity contribution in [2.45, 2.75) is 26.7 Å². The van der Waals surface area contributed by atoms with Gasteiger partial charge in [0, 0.05) is 11.4 Å². The molecule has 1 aromatic heterocycles. The Morgan fingerprint density at radius 3 is 2.52 bits per heavy atom. The van der Waals surface area contributed by atoms with Gasteiger partial charge in [-0.15, -0.1) is 0 Å². The van der Waals surface area contributed by atoms with E-state index in [2.05, 4.69) is 16.0 Å². The maximum absolute atomic E-state index is 12.5. The van der Waals surface area contributed by atoms with Crippen molar-refractivity contribution >= 4 is 35.0 Å². The van der Waals surface area contributed by atoms with Crippen LogP contribution in [0.1, 0.15) is 34.5 Å². The van der Waals surface area contributed by atoms with Crippen LogP contribution in [0, 0.1) is 13.8 Å². The zero-order chi connectivity index (χ0) is 22.4. The van der Waals surface area contributed by atoms with Crippen LogP contribution in [0.15, 0.2) is 48.5 Å². The van der Waals surface area contributed by atoms with Crippen LogP contribution in [0.2, 0.25) is 10.2 Å². The minimum atomic E-state index is -0.536. The molecule has 31 heavy (non-hydrogen) atoms. The predicted octanol–water partition coefficient (Wildman–Crippen LogP) is 4.42. The normalized spacial score (nSPS) is 10.6. The van der Waals surface area contributed by atoms with Gasteiger partial charge in [0.05, 0.1) is 18.0 Å². The van der Waals surface area contributed by atoms with Gasteiger partial charge < -0.3 is 4.74 Å². The molecule has 0 saturated carbocycles. The average Bonchev–Trinajstić information content (AvgIpc) is 3.05. The zero-order valence-corrected chi connectivity index (χ0v) is 18.6. The van der Waals surface area contributed by atoms with E-state index in [-0.39, 0.29) is 23.0 Å². The largest absolute Gasteiger partial charge is 0.493 e. The van der Waals surface area contributed by atoms with Gasteiger partial charge in [-0.2, -0.15) is 5.10 Å². The summed E-state index contributed by atoms with van der Waals surface area (Å²) < 4.78 is 7.13. The molecule has 2 N–H and O–H groups in total. The molecule has 0 unspecified atom stereocenters. The fourth-order valence-electron chi connectivity index (χ4n) is 2.94. The van der Waals surface area contributed by atoms with Crippen molar-refractivity contribution in [1.82, 2.24) is 20.6 Å². The van der Waals surface area contributed by atoms with Gasteiger partial charge in [-0.05, 0) is 56.2 Å². The Balaban J connectivity index is 1.48. The molecule has 9 heteroatoms. The summed E-state index contributed by atoms with van der Waals surface area (Å²) in [7, 11) is 0. The third-order valence-corrected chi connectivity index (χ3v) is 5.07. The summed E-state index contributed by atoms with van der Waals surface area (Å²) in [6.07, 6.45) is 0.665. The van der Waals surface area contributed by atoms with E-state index in [0.29, 0.717) is 23.7 Å². The van der Waals surface area contributed by atoms with E-state index < -0.39 is 5.91 Å². The molecule has 0 saturated heterocycles. The summed E-state index contributed by atoms with van der Waals surface area (Å²) in [6, 6.07) is 14.6. The van der Waals surface area contributed by atoms with Crippen LogP contribution < -0.4 is 15.6 Å². The molecule has 7 nitrogen and oxygen atoms in total. The number of nitrogens with one attached hydrogen (secondary N) is 2. The molecule has 162 valence electrons. The minimum absolute atomic E-state index is 0.169. The number of hydrogen-bond acceptors (Lipinski definition) is 4. The van der Waals surface area contributed by atoms with Gasteiger partial charge in [0.2, 0.25) is 5.91 Å². The summed E-state index contributed by atoms with van der Waals surface area (Å²) in [5.41, 5.74) is 7.09. The molecule has 0 aliphatic heterocycles. The average molecular weight is 461 g/mol. The number of benzene rings is 2. The Labute approximate surface area is 190 Å². The second-order valence-electron chi connectivity index (χ2n) is 6.86. The molecule has 3 rings (SSSR count). The van der Waals surface area contributed by atoms with Gasteiger partial charge in [0.25, 0.3) is 5.91 Å². The fourth-order valence-corrected chi connectivity index (χ4v) is 3.52. The number of hydrazine groups is 1. The summed E-state index contributed by atoms with van der Waals surface area (Å²) in [5, 5.41) is 5.13. The molecule has 0 spiro atoms. The van der Waals surface area contributed by atoms with Crippen molar-refractivity contribution in [3.8, 4) is 11.4 Å². The lowest BCUT2D eigenvalue weighted by atomic mass is 10.2. The van der Waals surface area contributed by atoms with Crippen molar-refractivity contribution < 1.29 is 14.3 Å². The highest BCUT2D eigenvalue weighted by atomic mass is 35.5. The lowest BCUT2D eigenvalue weighted by Gasteiger charge is -2.10. The quantitative estimate of drug-likeness (QED) is 0.403. The number of carbonyl (C=O) groups is 2.